The predicted molar refractivity (Wildman–Crippen MR) is 97.7 cm³/mol. The molecule has 0 saturated carbocycles. The lowest BCUT2D eigenvalue weighted by Gasteiger charge is -2.16. The molecule has 152 valence electrons. The zero-order chi connectivity index (χ0) is 21.2. The Morgan fingerprint density at radius 1 is 1.10 bits per heavy atom. The normalized spacial score (nSPS) is 16.8. The van der Waals surface area contributed by atoms with Crippen LogP contribution in [0.15, 0.2) is 53.4 Å². The number of hydrogen-bond donors (Lipinski definition) is 0. The number of halogens is 3. The number of ether oxygens (including phenoxy) is 2. The number of carbonyl (C=O) groups is 3. The van der Waals surface area contributed by atoms with Crippen LogP contribution in [0.2, 0.25) is 0 Å². The van der Waals surface area contributed by atoms with Gasteiger partial charge in [-0.15, -0.1) is 24.9 Å². The highest BCUT2D eigenvalue weighted by Crippen LogP contribution is 2.36. The molecule has 2 amide bonds. The van der Waals surface area contributed by atoms with Crippen molar-refractivity contribution in [2.24, 2.45) is 0 Å². The maximum absolute atomic E-state index is 12.7. The van der Waals surface area contributed by atoms with Crippen molar-refractivity contribution in [3.63, 3.8) is 0 Å². The van der Waals surface area contributed by atoms with Crippen molar-refractivity contribution in [2.45, 2.75) is 22.9 Å². The third-order valence-electron chi connectivity index (χ3n) is 4.00. The number of methoxy groups -OCH3 is 1. The largest absolute Gasteiger partial charge is 0.573 e. The molecule has 0 bridgehead atoms. The lowest BCUT2D eigenvalue weighted by Crippen LogP contribution is -2.31. The number of esters is 1. The molecule has 0 radical (unpaired) electrons. The van der Waals surface area contributed by atoms with E-state index in [2.05, 4.69) is 4.74 Å². The minimum Gasteiger partial charge on any atom is -0.465 e. The fraction of sp³-hybridized carbons (Fsp3) is 0.211. The summed E-state index contributed by atoms with van der Waals surface area (Å²) in [5.41, 5.74) is 0.409. The number of alkyl halides is 3. The molecule has 0 unspecified atom stereocenters. The standard InChI is InChI=1S/C19H14F3NO5S/c1-27-18(26)13-4-2-3-5-14(13)29-15-10-16(24)23(17(15)25)11-6-8-12(9-7-11)28-19(20,21)22/h2-9,15H,10H2,1H3/t15-/m0/s1. The minimum atomic E-state index is -4.84. The van der Waals surface area contributed by atoms with Crippen molar-refractivity contribution < 1.29 is 37.0 Å². The molecule has 1 atom stereocenters. The molecule has 2 aromatic rings. The van der Waals surface area contributed by atoms with Crippen molar-refractivity contribution in [3.05, 3.63) is 54.1 Å². The first-order chi connectivity index (χ1) is 13.7. The number of carbonyl (C=O) groups excluding carboxylic acids is 3. The highest BCUT2D eigenvalue weighted by molar-refractivity contribution is 8.00. The monoisotopic (exact) mass is 425 g/mol. The lowest BCUT2D eigenvalue weighted by molar-refractivity contribution is -0.274. The lowest BCUT2D eigenvalue weighted by atomic mass is 10.2. The fourth-order valence-electron chi connectivity index (χ4n) is 2.77. The zero-order valence-corrected chi connectivity index (χ0v) is 15.8. The van der Waals surface area contributed by atoms with E-state index in [0.29, 0.717) is 4.90 Å². The number of amides is 2. The summed E-state index contributed by atoms with van der Waals surface area (Å²) >= 11 is 1.06. The van der Waals surface area contributed by atoms with Gasteiger partial charge < -0.3 is 9.47 Å². The second kappa shape index (κ2) is 8.16. The van der Waals surface area contributed by atoms with E-state index in [1.54, 1.807) is 24.3 Å². The molecule has 1 aliphatic rings. The highest BCUT2D eigenvalue weighted by atomic mass is 32.2. The third kappa shape index (κ3) is 4.70. The first-order valence-corrected chi connectivity index (χ1v) is 9.14. The van der Waals surface area contributed by atoms with E-state index in [0.717, 1.165) is 28.8 Å². The van der Waals surface area contributed by atoms with Crippen LogP contribution in [0.4, 0.5) is 18.9 Å². The smallest absolute Gasteiger partial charge is 0.465 e. The molecule has 0 aliphatic carbocycles. The molecule has 1 aliphatic heterocycles. The van der Waals surface area contributed by atoms with Crippen molar-refractivity contribution in [1.29, 1.82) is 0 Å². The van der Waals surface area contributed by atoms with Crippen molar-refractivity contribution in [1.82, 2.24) is 0 Å². The van der Waals surface area contributed by atoms with Gasteiger partial charge in [-0.25, -0.2) is 9.69 Å². The van der Waals surface area contributed by atoms with Gasteiger partial charge in [0.15, 0.2) is 0 Å². The van der Waals surface area contributed by atoms with E-state index < -0.39 is 35.1 Å². The fourth-order valence-corrected chi connectivity index (χ4v) is 3.94. The Labute approximate surface area is 167 Å². The summed E-state index contributed by atoms with van der Waals surface area (Å²) in [5.74, 6) is -2.04. The Hall–Kier alpha value is -3.01. The molecule has 10 heteroatoms. The second-order valence-corrected chi connectivity index (χ2v) is 7.15. The molecular weight excluding hydrogens is 411 g/mol. The third-order valence-corrected chi connectivity index (χ3v) is 5.26. The quantitative estimate of drug-likeness (QED) is 0.536. The van der Waals surface area contributed by atoms with Crippen LogP contribution in [0.3, 0.4) is 0 Å². The van der Waals surface area contributed by atoms with Crippen LogP contribution in [-0.2, 0) is 14.3 Å². The maximum Gasteiger partial charge on any atom is 0.573 e. The number of rotatable bonds is 5. The summed E-state index contributed by atoms with van der Waals surface area (Å²) in [5, 5.41) is -0.778. The number of imide groups is 1. The first kappa shape index (κ1) is 20.7. The average Bonchev–Trinajstić information content (AvgIpc) is 2.94. The van der Waals surface area contributed by atoms with Crippen molar-refractivity contribution >= 4 is 35.2 Å². The molecule has 2 aromatic carbocycles. The Balaban J connectivity index is 1.78. The number of benzene rings is 2. The van der Waals surface area contributed by atoms with E-state index in [1.165, 1.54) is 19.2 Å². The summed E-state index contributed by atoms with van der Waals surface area (Å²) in [6.07, 6.45) is -4.95. The van der Waals surface area contributed by atoms with Gasteiger partial charge in [0, 0.05) is 11.3 Å². The van der Waals surface area contributed by atoms with Gasteiger partial charge >= 0.3 is 12.3 Å². The zero-order valence-electron chi connectivity index (χ0n) is 14.9. The van der Waals surface area contributed by atoms with Crippen LogP contribution in [0.25, 0.3) is 0 Å². The van der Waals surface area contributed by atoms with Crippen LogP contribution >= 0.6 is 11.8 Å². The van der Waals surface area contributed by atoms with Gasteiger partial charge in [-0.2, -0.15) is 0 Å². The van der Waals surface area contributed by atoms with Crippen LogP contribution in [0.1, 0.15) is 16.8 Å². The van der Waals surface area contributed by atoms with Gasteiger partial charge in [0.2, 0.25) is 11.8 Å². The van der Waals surface area contributed by atoms with E-state index in [-0.39, 0.29) is 17.7 Å². The van der Waals surface area contributed by atoms with E-state index in [1.807, 2.05) is 0 Å². The van der Waals surface area contributed by atoms with Gasteiger partial charge in [-0.05, 0) is 36.4 Å². The molecule has 0 N–H and O–H groups in total. The average molecular weight is 425 g/mol. The summed E-state index contributed by atoms with van der Waals surface area (Å²) in [6.45, 7) is 0. The molecule has 0 spiro atoms. The molecule has 0 aromatic heterocycles. The summed E-state index contributed by atoms with van der Waals surface area (Å²) in [4.78, 5) is 38.4. The molecule has 6 nitrogen and oxygen atoms in total. The topological polar surface area (TPSA) is 72.9 Å². The van der Waals surface area contributed by atoms with E-state index in [4.69, 9.17) is 4.74 Å². The Kier molecular flexibility index (Phi) is 5.83. The van der Waals surface area contributed by atoms with Crippen LogP contribution in [-0.4, -0.2) is 36.5 Å². The van der Waals surface area contributed by atoms with E-state index in [9.17, 15) is 27.6 Å². The highest BCUT2D eigenvalue weighted by Gasteiger charge is 2.40. The van der Waals surface area contributed by atoms with Gasteiger partial charge in [0.05, 0.1) is 23.6 Å². The summed E-state index contributed by atoms with van der Waals surface area (Å²) in [7, 11) is 1.24. The van der Waals surface area contributed by atoms with Gasteiger partial charge in [-0.3, -0.25) is 9.59 Å². The molecular formula is C19H14F3NO5S. The Morgan fingerprint density at radius 3 is 2.38 bits per heavy atom. The number of anilines is 1. The SMILES string of the molecule is COC(=O)c1ccccc1S[C@H]1CC(=O)N(c2ccc(OC(F)(F)F)cc2)C1=O. The van der Waals surface area contributed by atoms with Crippen LogP contribution < -0.4 is 9.64 Å². The maximum atomic E-state index is 12.7. The second-order valence-electron chi connectivity index (χ2n) is 5.91. The molecule has 1 saturated heterocycles. The molecule has 29 heavy (non-hydrogen) atoms. The van der Waals surface area contributed by atoms with Crippen LogP contribution in [0.5, 0.6) is 5.75 Å². The molecule has 1 fully saturated rings. The Morgan fingerprint density at radius 2 is 1.76 bits per heavy atom. The first-order valence-electron chi connectivity index (χ1n) is 8.26. The molecule has 3 rings (SSSR count). The summed E-state index contributed by atoms with van der Waals surface area (Å²) < 4.78 is 45.3. The van der Waals surface area contributed by atoms with E-state index >= 15 is 0 Å². The van der Waals surface area contributed by atoms with Gasteiger partial charge in [-0.1, -0.05) is 12.1 Å². The van der Waals surface area contributed by atoms with Crippen LogP contribution in [0, 0.1) is 0 Å². The van der Waals surface area contributed by atoms with Crippen molar-refractivity contribution in [3.8, 4) is 5.75 Å². The number of nitrogens with zero attached hydrogens (tertiary/aromatic N) is 1. The minimum absolute atomic E-state index is 0.111. The predicted octanol–water partition coefficient (Wildman–Crippen LogP) is 3.80. The summed E-state index contributed by atoms with van der Waals surface area (Å²) in [6, 6.07) is 11.0. The van der Waals surface area contributed by atoms with Gasteiger partial charge in [0.25, 0.3) is 0 Å². The van der Waals surface area contributed by atoms with Gasteiger partial charge in [0.1, 0.15) is 5.75 Å². The van der Waals surface area contributed by atoms with Crippen molar-refractivity contribution in [2.75, 3.05) is 12.0 Å². The Bertz CT molecular complexity index is 946. The number of thioether (sulfide) groups is 1. The number of hydrogen-bond acceptors (Lipinski definition) is 6. The molecule has 1 heterocycles.